The zero-order valence-electron chi connectivity index (χ0n) is 13.1. The number of hydrogen-bond acceptors (Lipinski definition) is 4. The summed E-state index contributed by atoms with van der Waals surface area (Å²) in [6.45, 7) is -0.140. The van der Waals surface area contributed by atoms with Crippen molar-refractivity contribution in [3.8, 4) is 6.07 Å². The summed E-state index contributed by atoms with van der Waals surface area (Å²) in [7, 11) is 0. The Kier molecular flexibility index (Phi) is 3.44. The predicted octanol–water partition coefficient (Wildman–Crippen LogP) is 3.50. The highest BCUT2D eigenvalue weighted by atomic mass is 16.4. The number of hydrogen-bond donors (Lipinski definition) is 0. The molecule has 0 bridgehead atoms. The van der Waals surface area contributed by atoms with Gasteiger partial charge in [-0.15, -0.1) is 0 Å². The van der Waals surface area contributed by atoms with E-state index in [0.29, 0.717) is 22.2 Å². The number of nitriles is 1. The van der Waals surface area contributed by atoms with E-state index in [1.54, 1.807) is 24.3 Å². The van der Waals surface area contributed by atoms with Crippen molar-refractivity contribution in [3.05, 3.63) is 82.3 Å². The van der Waals surface area contributed by atoms with E-state index in [-0.39, 0.29) is 12.3 Å². The van der Waals surface area contributed by atoms with Crippen LogP contribution in [0.1, 0.15) is 15.9 Å². The fourth-order valence-electron chi connectivity index (χ4n) is 2.88. The summed E-state index contributed by atoms with van der Waals surface area (Å²) in [5.74, 6) is -0.808. The molecule has 25 heavy (non-hydrogen) atoms. The van der Waals surface area contributed by atoms with Crippen LogP contribution in [0.4, 0.5) is 0 Å². The van der Waals surface area contributed by atoms with E-state index in [0.717, 1.165) is 10.8 Å². The Hall–Kier alpha value is -3.65. The largest absolute Gasteiger partial charge is 0.420 e. The van der Waals surface area contributed by atoms with Gasteiger partial charge >= 0.3 is 5.76 Å². The Morgan fingerprint density at radius 3 is 2.64 bits per heavy atom. The topological polar surface area (TPSA) is 76.0 Å². The summed E-state index contributed by atoms with van der Waals surface area (Å²) in [5.41, 5.74) is 1.73. The molecule has 0 saturated heterocycles. The number of carbonyl (C=O) groups is 1. The van der Waals surface area contributed by atoms with Crippen molar-refractivity contribution >= 4 is 27.7 Å². The third-order valence-corrected chi connectivity index (χ3v) is 4.17. The number of fused-ring (bicyclic) bond motifs is 2. The number of nitrogens with zero attached hydrogens (tertiary/aromatic N) is 2. The molecule has 0 aliphatic rings. The number of Topliss-reactive ketones (excluding diaryl/α,β-unsaturated/α-hetero) is 1. The first-order valence-corrected chi connectivity index (χ1v) is 7.71. The molecule has 0 spiro atoms. The van der Waals surface area contributed by atoms with Crippen LogP contribution in [0.25, 0.3) is 21.9 Å². The average Bonchev–Trinajstić information content (AvgIpc) is 2.95. The molecule has 4 rings (SSSR count). The molecule has 0 aliphatic carbocycles. The summed E-state index contributed by atoms with van der Waals surface area (Å²) in [6.07, 6.45) is 0. The van der Waals surface area contributed by atoms with Crippen LogP contribution >= 0.6 is 0 Å². The lowest BCUT2D eigenvalue weighted by molar-refractivity contribution is 0.0971. The highest BCUT2D eigenvalue weighted by molar-refractivity contribution is 6.00. The smallest absolute Gasteiger partial charge is 0.408 e. The van der Waals surface area contributed by atoms with E-state index in [1.807, 2.05) is 42.5 Å². The minimum Gasteiger partial charge on any atom is -0.408 e. The fourth-order valence-corrected chi connectivity index (χ4v) is 2.88. The van der Waals surface area contributed by atoms with Gasteiger partial charge in [-0.3, -0.25) is 9.36 Å². The molecule has 1 aromatic heterocycles. The Bertz CT molecular complexity index is 1230. The summed E-state index contributed by atoms with van der Waals surface area (Å²) >= 11 is 0. The molecule has 3 aromatic carbocycles. The molecule has 5 nitrogen and oxygen atoms in total. The Labute approximate surface area is 142 Å². The summed E-state index contributed by atoms with van der Waals surface area (Å²) < 4.78 is 6.41. The van der Waals surface area contributed by atoms with Gasteiger partial charge in [-0.25, -0.2) is 4.79 Å². The monoisotopic (exact) mass is 328 g/mol. The molecule has 0 radical (unpaired) electrons. The molecule has 0 aliphatic heterocycles. The first kappa shape index (κ1) is 14.9. The molecule has 0 N–H and O–H groups in total. The van der Waals surface area contributed by atoms with E-state index >= 15 is 0 Å². The zero-order valence-corrected chi connectivity index (χ0v) is 13.1. The number of benzene rings is 3. The SMILES string of the molecule is N#Cc1ccc2oc(=O)n(CC(=O)c3ccc4ccccc4c3)c2c1. The van der Waals surface area contributed by atoms with Crippen LogP contribution in [-0.2, 0) is 6.54 Å². The molecule has 5 heteroatoms. The van der Waals surface area contributed by atoms with Crippen molar-refractivity contribution < 1.29 is 9.21 Å². The van der Waals surface area contributed by atoms with E-state index in [2.05, 4.69) is 0 Å². The lowest BCUT2D eigenvalue weighted by atomic mass is 10.0. The van der Waals surface area contributed by atoms with E-state index in [9.17, 15) is 9.59 Å². The number of ketones is 1. The van der Waals surface area contributed by atoms with E-state index in [4.69, 9.17) is 9.68 Å². The van der Waals surface area contributed by atoms with Crippen molar-refractivity contribution in [1.82, 2.24) is 4.57 Å². The molecule has 0 saturated carbocycles. The van der Waals surface area contributed by atoms with Gasteiger partial charge in [0.05, 0.1) is 23.7 Å². The van der Waals surface area contributed by atoms with Crippen LogP contribution in [0.2, 0.25) is 0 Å². The van der Waals surface area contributed by atoms with Gasteiger partial charge in [0.1, 0.15) is 0 Å². The quantitative estimate of drug-likeness (QED) is 0.539. The maximum atomic E-state index is 12.6. The molecule has 120 valence electrons. The van der Waals surface area contributed by atoms with Crippen molar-refractivity contribution in [1.29, 1.82) is 5.26 Å². The number of rotatable bonds is 3. The Morgan fingerprint density at radius 1 is 1.04 bits per heavy atom. The highest BCUT2D eigenvalue weighted by Crippen LogP contribution is 2.18. The van der Waals surface area contributed by atoms with Crippen molar-refractivity contribution in [2.75, 3.05) is 0 Å². The zero-order chi connectivity index (χ0) is 17.4. The first-order valence-electron chi connectivity index (χ1n) is 7.71. The van der Waals surface area contributed by atoms with Crippen molar-refractivity contribution in [2.45, 2.75) is 6.54 Å². The lowest BCUT2D eigenvalue weighted by Crippen LogP contribution is -2.20. The van der Waals surface area contributed by atoms with E-state index < -0.39 is 5.76 Å². The second-order valence-electron chi connectivity index (χ2n) is 5.73. The summed E-state index contributed by atoms with van der Waals surface area (Å²) in [4.78, 5) is 24.7. The molecular formula is C20H12N2O3. The third-order valence-electron chi connectivity index (χ3n) is 4.17. The van der Waals surface area contributed by atoms with Crippen LogP contribution in [0.5, 0.6) is 0 Å². The summed E-state index contributed by atoms with van der Waals surface area (Å²) in [6, 6.07) is 19.9. The van der Waals surface area contributed by atoms with Crippen LogP contribution in [-0.4, -0.2) is 10.4 Å². The lowest BCUT2D eigenvalue weighted by Gasteiger charge is -2.04. The molecule has 0 amide bonds. The Morgan fingerprint density at radius 2 is 1.84 bits per heavy atom. The van der Waals surface area contributed by atoms with Gasteiger partial charge in [0.25, 0.3) is 0 Å². The van der Waals surface area contributed by atoms with Gasteiger partial charge < -0.3 is 4.42 Å². The van der Waals surface area contributed by atoms with Crippen molar-refractivity contribution in [2.24, 2.45) is 0 Å². The van der Waals surface area contributed by atoms with Gasteiger partial charge in [-0.1, -0.05) is 36.4 Å². The average molecular weight is 328 g/mol. The maximum Gasteiger partial charge on any atom is 0.420 e. The highest BCUT2D eigenvalue weighted by Gasteiger charge is 2.15. The van der Waals surface area contributed by atoms with Gasteiger partial charge in [0.2, 0.25) is 0 Å². The molecular weight excluding hydrogens is 316 g/mol. The normalized spacial score (nSPS) is 10.8. The standard InChI is InChI=1S/C20H12N2O3/c21-11-13-5-8-19-17(9-13)22(20(24)25-19)12-18(23)16-7-6-14-3-1-2-4-15(14)10-16/h1-10H,12H2. The van der Waals surface area contributed by atoms with Crippen molar-refractivity contribution in [3.63, 3.8) is 0 Å². The van der Waals surface area contributed by atoms with E-state index in [1.165, 1.54) is 4.57 Å². The number of carbonyl (C=O) groups excluding carboxylic acids is 1. The summed E-state index contributed by atoms with van der Waals surface area (Å²) in [5, 5.41) is 11.0. The number of oxazole rings is 1. The molecule has 0 unspecified atom stereocenters. The number of aromatic nitrogens is 1. The van der Waals surface area contributed by atoms with Crippen LogP contribution < -0.4 is 5.76 Å². The second-order valence-corrected chi connectivity index (χ2v) is 5.73. The Balaban J connectivity index is 1.75. The first-order chi connectivity index (χ1) is 12.2. The molecule has 0 fully saturated rings. The minimum atomic E-state index is -0.612. The molecule has 0 atom stereocenters. The van der Waals surface area contributed by atoms with Crippen LogP contribution in [0.3, 0.4) is 0 Å². The predicted molar refractivity (Wildman–Crippen MR) is 93.5 cm³/mol. The fraction of sp³-hybridized carbons (Fsp3) is 0.0500. The maximum absolute atomic E-state index is 12.6. The van der Waals surface area contributed by atoms with Gasteiger partial charge in [-0.05, 0) is 35.0 Å². The molecule has 1 heterocycles. The second kappa shape index (κ2) is 5.77. The molecule has 4 aromatic rings. The van der Waals surface area contributed by atoms with Gasteiger partial charge in [-0.2, -0.15) is 5.26 Å². The third kappa shape index (κ3) is 2.60. The van der Waals surface area contributed by atoms with Crippen LogP contribution in [0, 0.1) is 11.3 Å². The minimum absolute atomic E-state index is 0.140. The van der Waals surface area contributed by atoms with Gasteiger partial charge in [0, 0.05) is 5.56 Å². The van der Waals surface area contributed by atoms with Crippen LogP contribution in [0.15, 0.2) is 69.9 Å². The van der Waals surface area contributed by atoms with Gasteiger partial charge in [0.15, 0.2) is 11.4 Å².